The summed E-state index contributed by atoms with van der Waals surface area (Å²) in [5.74, 6) is 0. The molecule has 0 atom stereocenters. The predicted molar refractivity (Wildman–Crippen MR) is 28.5 cm³/mol. The van der Waals surface area contributed by atoms with Crippen LogP contribution in [0.3, 0.4) is 0 Å². The van der Waals surface area contributed by atoms with Crippen LogP contribution in [0.2, 0.25) is 13.1 Å². The summed E-state index contributed by atoms with van der Waals surface area (Å²) < 4.78 is 58.0. The van der Waals surface area contributed by atoms with Crippen LogP contribution in [0.4, 0.5) is 22.0 Å². The fraction of sp³-hybridized carbons (Fsp3) is 1.00. The molecule has 6 heteroatoms. The topological polar surface area (TPSA) is 0 Å². The minimum atomic E-state index is -5.37. The van der Waals surface area contributed by atoms with E-state index in [1.165, 1.54) is 0 Å². The van der Waals surface area contributed by atoms with E-state index in [0.29, 0.717) is 0 Å². The van der Waals surface area contributed by atoms with Gasteiger partial charge >= 0.3 is 20.5 Å². The first-order chi connectivity index (χ1) is 4.19. The lowest BCUT2D eigenvalue weighted by atomic mass is 10.7. The minimum absolute atomic E-state index is 0.929. The Morgan fingerprint density at radius 3 is 1.20 bits per heavy atom. The van der Waals surface area contributed by atoms with E-state index in [-0.39, 0.29) is 0 Å². The quantitative estimate of drug-likeness (QED) is 0.426. The van der Waals surface area contributed by atoms with Gasteiger partial charge in [-0.3, -0.25) is 0 Å². The summed E-state index contributed by atoms with van der Waals surface area (Å²) in [5, 5.41) is 0. The average Bonchev–Trinajstić information content (AvgIpc) is 1.62. The third-order valence-electron chi connectivity index (χ3n) is 0.984. The van der Waals surface area contributed by atoms with Crippen molar-refractivity contribution < 1.29 is 22.0 Å². The third-order valence-corrected chi connectivity index (χ3v) is 2.52. The molecular formula is C4H6F5Si+. The molecule has 0 N–H and O–H groups in total. The van der Waals surface area contributed by atoms with Crippen molar-refractivity contribution >= 4 is 8.80 Å². The Bertz CT molecular complexity index is 115. The Hall–Kier alpha value is -0.133. The maximum absolute atomic E-state index is 12.0. The summed E-state index contributed by atoms with van der Waals surface area (Å²) in [6, 6.07) is 0. The molecule has 0 unspecified atom stereocenters. The Morgan fingerprint density at radius 2 is 1.20 bits per heavy atom. The van der Waals surface area contributed by atoms with Gasteiger partial charge < -0.3 is 0 Å². The zero-order valence-electron chi connectivity index (χ0n) is 5.39. The minimum Gasteiger partial charge on any atom is -0.164 e. The Kier molecular flexibility index (Phi) is 2.45. The molecule has 0 amide bonds. The Labute approximate surface area is 56.6 Å². The lowest BCUT2D eigenvalue weighted by molar-refractivity contribution is -0.245. The van der Waals surface area contributed by atoms with E-state index in [9.17, 15) is 22.0 Å². The van der Waals surface area contributed by atoms with Crippen LogP contribution in [-0.4, -0.2) is 20.5 Å². The van der Waals surface area contributed by atoms with Crippen LogP contribution < -0.4 is 0 Å². The van der Waals surface area contributed by atoms with Crippen LogP contribution in [0.5, 0.6) is 0 Å². The third kappa shape index (κ3) is 1.68. The van der Waals surface area contributed by atoms with Gasteiger partial charge in [-0.1, -0.05) is 0 Å². The Balaban J connectivity index is 4.40. The summed E-state index contributed by atoms with van der Waals surface area (Å²) in [7, 11) is -2.63. The van der Waals surface area contributed by atoms with Gasteiger partial charge in [0, 0.05) is 0 Å². The second-order valence-corrected chi connectivity index (χ2v) is 4.70. The Morgan fingerprint density at radius 1 is 0.900 bits per heavy atom. The molecule has 0 aromatic heterocycles. The molecule has 0 aliphatic heterocycles. The molecule has 0 aliphatic carbocycles. The molecule has 0 rings (SSSR count). The van der Waals surface area contributed by atoms with Crippen molar-refractivity contribution in [2.75, 3.05) is 0 Å². The molecule has 0 saturated heterocycles. The highest BCUT2D eigenvalue weighted by molar-refractivity contribution is 6.58. The summed E-state index contributed by atoms with van der Waals surface area (Å²) in [5.41, 5.74) is -4.46. The summed E-state index contributed by atoms with van der Waals surface area (Å²) in [6.07, 6.45) is -5.37. The van der Waals surface area contributed by atoms with Crippen LogP contribution in [0.15, 0.2) is 0 Å². The van der Waals surface area contributed by atoms with Crippen LogP contribution in [0.1, 0.15) is 0 Å². The standard InChI is InChI=1S/C4H6F5Si/c1-10(2)4(8,9)3(5,6)7/h1-2H3/q+1. The highest BCUT2D eigenvalue weighted by Crippen LogP contribution is 2.37. The van der Waals surface area contributed by atoms with Gasteiger partial charge in [0.2, 0.25) is 0 Å². The maximum Gasteiger partial charge on any atom is 0.485 e. The number of hydrogen-bond acceptors (Lipinski definition) is 0. The fourth-order valence-electron chi connectivity index (χ4n) is 0.283. The molecule has 0 aliphatic rings. The molecule has 0 heterocycles. The van der Waals surface area contributed by atoms with Crippen molar-refractivity contribution in [1.82, 2.24) is 0 Å². The van der Waals surface area contributed by atoms with Gasteiger partial charge in [-0.15, -0.1) is 0 Å². The van der Waals surface area contributed by atoms with Crippen molar-refractivity contribution in [3.63, 3.8) is 0 Å². The van der Waals surface area contributed by atoms with Crippen molar-refractivity contribution in [2.24, 2.45) is 0 Å². The first-order valence-corrected chi connectivity index (χ1v) is 4.94. The van der Waals surface area contributed by atoms with Crippen molar-refractivity contribution in [3.05, 3.63) is 0 Å². The van der Waals surface area contributed by atoms with Crippen LogP contribution in [0.25, 0.3) is 0 Å². The molecule has 60 valence electrons. The normalized spacial score (nSPS) is 13.5. The van der Waals surface area contributed by atoms with Crippen molar-refractivity contribution in [1.29, 1.82) is 0 Å². The molecular weight excluding hydrogens is 171 g/mol. The summed E-state index contributed by atoms with van der Waals surface area (Å²) in [4.78, 5) is 0. The van der Waals surface area contributed by atoms with E-state index < -0.39 is 20.5 Å². The van der Waals surface area contributed by atoms with E-state index >= 15 is 0 Å². The molecule has 10 heavy (non-hydrogen) atoms. The van der Waals surface area contributed by atoms with Gasteiger partial charge in [0.15, 0.2) is 0 Å². The molecule has 0 aromatic rings. The van der Waals surface area contributed by atoms with E-state index in [1.807, 2.05) is 0 Å². The second-order valence-electron chi connectivity index (χ2n) is 2.07. The van der Waals surface area contributed by atoms with Gasteiger partial charge in [0.25, 0.3) is 0 Å². The molecule has 0 aromatic carbocycles. The first kappa shape index (κ1) is 9.87. The largest absolute Gasteiger partial charge is 0.485 e. The second kappa shape index (κ2) is 2.48. The number of alkyl halides is 5. The van der Waals surface area contributed by atoms with Gasteiger partial charge in [-0.2, -0.15) is 22.0 Å². The maximum atomic E-state index is 12.0. The predicted octanol–water partition coefficient (Wildman–Crippen LogP) is 2.48. The van der Waals surface area contributed by atoms with Crippen molar-refractivity contribution in [3.8, 4) is 0 Å². The summed E-state index contributed by atoms with van der Waals surface area (Å²) >= 11 is 0. The molecule has 0 radical (unpaired) electrons. The van der Waals surface area contributed by atoms with E-state index in [4.69, 9.17) is 0 Å². The van der Waals surface area contributed by atoms with E-state index in [1.54, 1.807) is 0 Å². The zero-order valence-corrected chi connectivity index (χ0v) is 6.39. The SMILES string of the molecule is C[Si+](C)C(F)(F)C(F)(F)F. The molecule has 0 bridgehead atoms. The highest BCUT2D eigenvalue weighted by atomic mass is 28.3. The average molecular weight is 177 g/mol. The highest BCUT2D eigenvalue weighted by Gasteiger charge is 2.69. The molecule has 0 spiro atoms. The number of halogens is 5. The summed E-state index contributed by atoms with van der Waals surface area (Å²) in [6.45, 7) is 1.86. The van der Waals surface area contributed by atoms with Gasteiger partial charge in [0.05, 0.1) is 13.1 Å². The van der Waals surface area contributed by atoms with E-state index in [2.05, 4.69) is 0 Å². The van der Waals surface area contributed by atoms with Gasteiger partial charge in [-0.25, -0.2) is 0 Å². The first-order valence-electron chi connectivity index (χ1n) is 2.44. The fourth-order valence-corrected chi connectivity index (χ4v) is 0.850. The van der Waals surface area contributed by atoms with Crippen LogP contribution in [0, 0.1) is 0 Å². The van der Waals surface area contributed by atoms with E-state index in [0.717, 1.165) is 13.1 Å². The number of rotatable bonds is 1. The lowest BCUT2D eigenvalue weighted by Crippen LogP contribution is -2.46. The van der Waals surface area contributed by atoms with Crippen LogP contribution >= 0.6 is 0 Å². The monoisotopic (exact) mass is 177 g/mol. The van der Waals surface area contributed by atoms with Gasteiger partial charge in [-0.05, 0) is 0 Å². The van der Waals surface area contributed by atoms with Crippen LogP contribution in [-0.2, 0) is 0 Å². The smallest absolute Gasteiger partial charge is 0.164 e. The zero-order chi connectivity index (χ0) is 8.58. The lowest BCUT2D eigenvalue weighted by Gasteiger charge is -2.12. The molecule has 0 nitrogen and oxygen atoms in total. The number of hydrogen-bond donors (Lipinski definition) is 0. The van der Waals surface area contributed by atoms with Gasteiger partial charge in [0.1, 0.15) is 0 Å². The van der Waals surface area contributed by atoms with Crippen molar-refractivity contribution in [2.45, 2.75) is 24.8 Å². The molecule has 0 saturated carbocycles. The molecule has 0 fully saturated rings.